The molecule has 142 valence electrons. The summed E-state index contributed by atoms with van der Waals surface area (Å²) in [7, 11) is 1.54. The summed E-state index contributed by atoms with van der Waals surface area (Å²) in [6.07, 6.45) is -0.579. The molecule has 6 heteroatoms. The van der Waals surface area contributed by atoms with Gasteiger partial charge in [-0.3, -0.25) is 5.32 Å². The molecule has 1 N–H and O–H groups in total. The van der Waals surface area contributed by atoms with Crippen molar-refractivity contribution in [1.29, 1.82) is 0 Å². The van der Waals surface area contributed by atoms with E-state index in [9.17, 15) is 4.79 Å². The molecule has 3 aromatic rings. The van der Waals surface area contributed by atoms with Crippen molar-refractivity contribution in [2.24, 2.45) is 0 Å². The summed E-state index contributed by atoms with van der Waals surface area (Å²) < 4.78 is 16.8. The number of benzene rings is 3. The van der Waals surface area contributed by atoms with Crippen LogP contribution in [-0.4, -0.2) is 13.2 Å². The molecular weight excluding hydrogens is 374 g/mol. The predicted octanol–water partition coefficient (Wildman–Crippen LogP) is 5.63. The summed E-state index contributed by atoms with van der Waals surface area (Å²) in [5.41, 5.74) is 2.56. The first-order valence-corrected chi connectivity index (χ1v) is 9.69. The Kier molecular flexibility index (Phi) is 5.50. The quantitative estimate of drug-likeness (QED) is 0.623. The maximum absolute atomic E-state index is 12.3. The van der Waals surface area contributed by atoms with E-state index in [1.807, 2.05) is 36.4 Å². The summed E-state index contributed by atoms with van der Waals surface area (Å²) in [5.74, 6) is 0.824. The van der Waals surface area contributed by atoms with E-state index in [0.717, 1.165) is 5.56 Å². The minimum atomic E-state index is -0.579. The van der Waals surface area contributed by atoms with Gasteiger partial charge in [0.1, 0.15) is 5.44 Å². The molecule has 4 rings (SSSR count). The summed E-state index contributed by atoms with van der Waals surface area (Å²) in [6.45, 7) is 0.546. The molecule has 1 unspecified atom stereocenters. The standard InChI is InChI=1S/C22H19NO4S/c1-25-18-12-11-15(21-26-14-16-7-5-6-10-20(16)28-21)13-19(18)27-22(24)23-17-8-3-2-4-9-17/h2-13,21H,14H2,1H3,(H,23,24). The van der Waals surface area contributed by atoms with E-state index in [0.29, 0.717) is 23.8 Å². The Hall–Kier alpha value is -2.96. The minimum Gasteiger partial charge on any atom is -0.493 e. The highest BCUT2D eigenvalue weighted by Crippen LogP contribution is 2.44. The Bertz CT molecular complexity index is 977. The number of hydrogen-bond donors (Lipinski definition) is 1. The molecule has 28 heavy (non-hydrogen) atoms. The lowest BCUT2D eigenvalue weighted by atomic mass is 10.2. The zero-order valence-corrected chi connectivity index (χ0v) is 16.1. The molecule has 0 saturated carbocycles. The third kappa shape index (κ3) is 4.13. The van der Waals surface area contributed by atoms with Gasteiger partial charge in [0.15, 0.2) is 11.5 Å². The van der Waals surface area contributed by atoms with E-state index in [4.69, 9.17) is 14.2 Å². The number of methoxy groups -OCH3 is 1. The van der Waals surface area contributed by atoms with Crippen LogP contribution in [0, 0.1) is 0 Å². The first-order valence-electron chi connectivity index (χ1n) is 8.81. The van der Waals surface area contributed by atoms with E-state index < -0.39 is 6.09 Å². The zero-order valence-electron chi connectivity index (χ0n) is 15.3. The van der Waals surface area contributed by atoms with Crippen molar-refractivity contribution in [2.45, 2.75) is 16.9 Å². The van der Waals surface area contributed by atoms with Crippen LogP contribution in [0.2, 0.25) is 0 Å². The van der Waals surface area contributed by atoms with Gasteiger partial charge in [-0.2, -0.15) is 0 Å². The summed E-state index contributed by atoms with van der Waals surface area (Å²) in [4.78, 5) is 13.5. The number of amides is 1. The third-order valence-electron chi connectivity index (χ3n) is 4.28. The van der Waals surface area contributed by atoms with Gasteiger partial charge in [0.05, 0.1) is 13.7 Å². The maximum atomic E-state index is 12.3. The van der Waals surface area contributed by atoms with Crippen LogP contribution in [0.25, 0.3) is 0 Å². The number of fused-ring (bicyclic) bond motifs is 1. The fourth-order valence-corrected chi connectivity index (χ4v) is 3.99. The summed E-state index contributed by atoms with van der Waals surface area (Å²) in [5, 5.41) is 2.70. The van der Waals surface area contributed by atoms with Crippen molar-refractivity contribution < 1.29 is 19.0 Å². The van der Waals surface area contributed by atoms with E-state index in [2.05, 4.69) is 17.4 Å². The highest BCUT2D eigenvalue weighted by Gasteiger charge is 2.23. The van der Waals surface area contributed by atoms with Gasteiger partial charge in [-0.1, -0.05) is 54.2 Å². The van der Waals surface area contributed by atoms with Crippen molar-refractivity contribution in [3.63, 3.8) is 0 Å². The van der Waals surface area contributed by atoms with Crippen LogP contribution in [0.1, 0.15) is 16.6 Å². The van der Waals surface area contributed by atoms with Crippen LogP contribution in [0.15, 0.2) is 77.7 Å². The van der Waals surface area contributed by atoms with Crippen molar-refractivity contribution in [2.75, 3.05) is 12.4 Å². The number of carbonyl (C=O) groups excluding carboxylic acids is 1. The molecule has 0 aliphatic carbocycles. The monoisotopic (exact) mass is 393 g/mol. The SMILES string of the molecule is COc1ccc(C2OCc3ccccc3S2)cc1OC(=O)Nc1ccccc1. The molecule has 0 fully saturated rings. The van der Waals surface area contributed by atoms with Gasteiger partial charge in [-0.15, -0.1) is 0 Å². The Balaban J connectivity index is 1.52. The number of hydrogen-bond acceptors (Lipinski definition) is 5. The molecule has 1 atom stereocenters. The van der Waals surface area contributed by atoms with Crippen molar-refractivity contribution in [1.82, 2.24) is 0 Å². The van der Waals surface area contributed by atoms with E-state index in [1.54, 1.807) is 43.1 Å². The fraction of sp³-hybridized carbons (Fsp3) is 0.136. The third-order valence-corrected chi connectivity index (χ3v) is 5.55. The van der Waals surface area contributed by atoms with Gasteiger partial charge in [0.2, 0.25) is 0 Å². The molecule has 0 bridgehead atoms. The molecule has 0 radical (unpaired) electrons. The number of rotatable bonds is 4. The number of ether oxygens (including phenoxy) is 3. The first-order chi connectivity index (χ1) is 13.7. The Morgan fingerprint density at radius 1 is 1.04 bits per heavy atom. The van der Waals surface area contributed by atoms with Crippen molar-refractivity contribution >= 4 is 23.5 Å². The van der Waals surface area contributed by atoms with Crippen LogP contribution >= 0.6 is 11.8 Å². The number of thioether (sulfide) groups is 1. The molecule has 1 heterocycles. The van der Waals surface area contributed by atoms with Crippen LogP contribution < -0.4 is 14.8 Å². The Morgan fingerprint density at radius 3 is 2.64 bits per heavy atom. The largest absolute Gasteiger partial charge is 0.493 e. The molecule has 1 aliphatic heterocycles. The average Bonchev–Trinajstić information content (AvgIpc) is 2.74. The lowest BCUT2D eigenvalue weighted by Gasteiger charge is -2.25. The highest BCUT2D eigenvalue weighted by molar-refractivity contribution is 7.99. The van der Waals surface area contributed by atoms with Gasteiger partial charge in [-0.05, 0) is 41.5 Å². The number of para-hydroxylation sites is 1. The van der Waals surface area contributed by atoms with E-state index in [1.165, 1.54) is 10.5 Å². The summed E-state index contributed by atoms with van der Waals surface area (Å²) in [6, 6.07) is 22.8. The topological polar surface area (TPSA) is 56.8 Å². The number of anilines is 1. The van der Waals surface area contributed by atoms with Gasteiger partial charge in [0.25, 0.3) is 0 Å². The van der Waals surface area contributed by atoms with E-state index >= 15 is 0 Å². The van der Waals surface area contributed by atoms with Crippen molar-refractivity contribution in [3.05, 3.63) is 83.9 Å². The maximum Gasteiger partial charge on any atom is 0.417 e. The van der Waals surface area contributed by atoms with Crippen LogP contribution in [-0.2, 0) is 11.3 Å². The molecule has 0 spiro atoms. The molecule has 1 aliphatic rings. The number of nitrogens with one attached hydrogen (secondary N) is 1. The normalized spacial score (nSPS) is 15.4. The Morgan fingerprint density at radius 2 is 1.82 bits per heavy atom. The first kappa shape index (κ1) is 18.4. The fourth-order valence-electron chi connectivity index (χ4n) is 2.90. The minimum absolute atomic E-state index is 0.180. The van der Waals surface area contributed by atoms with Crippen LogP contribution in [0.4, 0.5) is 10.5 Å². The average molecular weight is 393 g/mol. The molecule has 0 aromatic heterocycles. The van der Waals surface area contributed by atoms with Gasteiger partial charge >= 0.3 is 6.09 Å². The number of carbonyl (C=O) groups is 1. The van der Waals surface area contributed by atoms with Crippen LogP contribution in [0.5, 0.6) is 11.5 Å². The Labute approximate surface area is 167 Å². The van der Waals surface area contributed by atoms with Crippen LogP contribution in [0.3, 0.4) is 0 Å². The van der Waals surface area contributed by atoms with Gasteiger partial charge < -0.3 is 14.2 Å². The predicted molar refractivity (Wildman–Crippen MR) is 109 cm³/mol. The molecular formula is C22H19NO4S. The van der Waals surface area contributed by atoms with Crippen molar-refractivity contribution in [3.8, 4) is 11.5 Å². The van der Waals surface area contributed by atoms with E-state index in [-0.39, 0.29) is 5.44 Å². The van der Waals surface area contributed by atoms with Gasteiger partial charge in [-0.25, -0.2) is 4.79 Å². The second kappa shape index (κ2) is 8.37. The molecule has 5 nitrogen and oxygen atoms in total. The second-order valence-corrected chi connectivity index (χ2v) is 7.26. The lowest BCUT2D eigenvalue weighted by molar-refractivity contribution is 0.0924. The highest BCUT2D eigenvalue weighted by atomic mass is 32.2. The van der Waals surface area contributed by atoms with Gasteiger partial charge in [0, 0.05) is 10.6 Å². The molecule has 3 aromatic carbocycles. The smallest absolute Gasteiger partial charge is 0.417 e. The second-order valence-electron chi connectivity index (χ2n) is 6.16. The zero-order chi connectivity index (χ0) is 19.3. The molecule has 0 saturated heterocycles. The molecule has 1 amide bonds. The lowest BCUT2D eigenvalue weighted by Crippen LogP contribution is -2.17. The summed E-state index contributed by atoms with van der Waals surface area (Å²) >= 11 is 1.63.